The van der Waals surface area contributed by atoms with Crippen molar-refractivity contribution in [3.05, 3.63) is 96.6 Å². The zero-order valence-electron chi connectivity index (χ0n) is 16.2. The Morgan fingerprint density at radius 3 is 1.74 bits per heavy atom. The molecule has 0 spiro atoms. The van der Waals surface area contributed by atoms with Crippen molar-refractivity contribution in [3.8, 4) is 11.1 Å². The molecule has 0 heterocycles. The van der Waals surface area contributed by atoms with Crippen molar-refractivity contribution in [2.75, 3.05) is 5.32 Å². The van der Waals surface area contributed by atoms with Crippen LogP contribution in [-0.4, -0.2) is 0 Å². The lowest BCUT2D eigenvalue weighted by atomic mass is 9.87. The SMILES string of the molecule is CC(C)(C)c1ccc(Nc2ccc(-c3ccc4ccccc4c3)cc2)cc1. The van der Waals surface area contributed by atoms with E-state index in [0.29, 0.717) is 0 Å². The quantitative estimate of drug-likeness (QED) is 0.402. The van der Waals surface area contributed by atoms with Gasteiger partial charge >= 0.3 is 0 Å². The molecule has 134 valence electrons. The molecule has 0 aliphatic carbocycles. The average molecular weight is 351 g/mol. The van der Waals surface area contributed by atoms with Crippen LogP contribution in [0.2, 0.25) is 0 Å². The molecular formula is C26H25N. The third-order valence-corrected chi connectivity index (χ3v) is 5.01. The second-order valence-electron chi connectivity index (χ2n) is 8.09. The van der Waals surface area contributed by atoms with E-state index in [0.717, 1.165) is 11.4 Å². The molecule has 0 aromatic heterocycles. The maximum absolute atomic E-state index is 3.49. The van der Waals surface area contributed by atoms with Gasteiger partial charge in [0.2, 0.25) is 0 Å². The Balaban J connectivity index is 1.53. The third-order valence-electron chi connectivity index (χ3n) is 5.01. The Labute approximate surface area is 161 Å². The van der Waals surface area contributed by atoms with E-state index in [1.165, 1.54) is 27.5 Å². The summed E-state index contributed by atoms with van der Waals surface area (Å²) < 4.78 is 0. The van der Waals surface area contributed by atoms with Gasteiger partial charge in [0.1, 0.15) is 0 Å². The van der Waals surface area contributed by atoms with E-state index in [-0.39, 0.29) is 5.41 Å². The van der Waals surface area contributed by atoms with Crippen molar-refractivity contribution in [2.45, 2.75) is 26.2 Å². The van der Waals surface area contributed by atoms with Gasteiger partial charge in [-0.25, -0.2) is 0 Å². The van der Waals surface area contributed by atoms with Crippen LogP contribution in [0.5, 0.6) is 0 Å². The zero-order chi connectivity index (χ0) is 18.9. The van der Waals surface area contributed by atoms with Gasteiger partial charge in [-0.3, -0.25) is 0 Å². The summed E-state index contributed by atoms with van der Waals surface area (Å²) in [6.07, 6.45) is 0. The van der Waals surface area contributed by atoms with Crippen LogP contribution in [0.4, 0.5) is 11.4 Å². The normalized spacial score (nSPS) is 11.5. The van der Waals surface area contributed by atoms with Gasteiger partial charge in [0.05, 0.1) is 0 Å². The molecule has 0 saturated carbocycles. The molecule has 0 fully saturated rings. The maximum atomic E-state index is 3.49. The summed E-state index contributed by atoms with van der Waals surface area (Å²) in [6, 6.07) is 32.4. The van der Waals surface area contributed by atoms with Gasteiger partial charge in [0.15, 0.2) is 0 Å². The predicted molar refractivity (Wildman–Crippen MR) is 118 cm³/mol. The summed E-state index contributed by atoms with van der Waals surface area (Å²) >= 11 is 0. The molecule has 0 unspecified atom stereocenters. The lowest BCUT2D eigenvalue weighted by Gasteiger charge is -2.19. The highest BCUT2D eigenvalue weighted by atomic mass is 14.9. The van der Waals surface area contributed by atoms with E-state index in [4.69, 9.17) is 0 Å². The highest BCUT2D eigenvalue weighted by Crippen LogP contribution is 2.28. The van der Waals surface area contributed by atoms with Crippen molar-refractivity contribution >= 4 is 22.1 Å². The van der Waals surface area contributed by atoms with E-state index < -0.39 is 0 Å². The zero-order valence-corrected chi connectivity index (χ0v) is 16.2. The van der Waals surface area contributed by atoms with E-state index >= 15 is 0 Å². The van der Waals surface area contributed by atoms with Gasteiger partial charge in [-0.1, -0.05) is 81.4 Å². The van der Waals surface area contributed by atoms with Crippen LogP contribution in [0.1, 0.15) is 26.3 Å². The minimum atomic E-state index is 0.181. The topological polar surface area (TPSA) is 12.0 Å². The molecule has 0 aliphatic heterocycles. The van der Waals surface area contributed by atoms with Crippen LogP contribution < -0.4 is 5.32 Å². The number of hydrogen-bond donors (Lipinski definition) is 1. The van der Waals surface area contributed by atoms with Crippen molar-refractivity contribution in [2.24, 2.45) is 0 Å². The molecule has 27 heavy (non-hydrogen) atoms. The first-order chi connectivity index (χ1) is 13.0. The predicted octanol–water partition coefficient (Wildman–Crippen LogP) is 7.55. The number of nitrogens with one attached hydrogen (secondary N) is 1. The lowest BCUT2D eigenvalue weighted by molar-refractivity contribution is 0.590. The standard InChI is InChI=1S/C26H25N/c1-26(2,3)23-12-16-25(17-13-23)27-24-14-10-20(11-15-24)22-9-8-19-6-4-5-7-21(19)18-22/h4-18,27H,1-3H3. The summed E-state index contributed by atoms with van der Waals surface area (Å²) in [7, 11) is 0. The Bertz CT molecular complexity index is 1050. The molecule has 0 bridgehead atoms. The molecule has 0 atom stereocenters. The van der Waals surface area contributed by atoms with Crippen molar-refractivity contribution in [1.82, 2.24) is 0 Å². The molecule has 0 radical (unpaired) electrons. The summed E-state index contributed by atoms with van der Waals surface area (Å²) in [5.41, 5.74) is 6.22. The number of anilines is 2. The van der Waals surface area contributed by atoms with E-state index in [9.17, 15) is 0 Å². The summed E-state index contributed by atoms with van der Waals surface area (Å²) in [6.45, 7) is 6.71. The molecule has 1 N–H and O–H groups in total. The van der Waals surface area contributed by atoms with Crippen LogP contribution in [-0.2, 0) is 5.41 Å². The lowest BCUT2D eigenvalue weighted by Crippen LogP contribution is -2.10. The molecule has 1 nitrogen and oxygen atoms in total. The fourth-order valence-electron chi connectivity index (χ4n) is 3.34. The van der Waals surface area contributed by atoms with Crippen LogP contribution in [0.15, 0.2) is 91.0 Å². The fourth-order valence-corrected chi connectivity index (χ4v) is 3.34. The first-order valence-corrected chi connectivity index (χ1v) is 9.46. The van der Waals surface area contributed by atoms with Crippen molar-refractivity contribution < 1.29 is 0 Å². The molecule has 1 heteroatoms. The van der Waals surface area contributed by atoms with Gasteiger partial charge in [0, 0.05) is 11.4 Å². The summed E-state index contributed by atoms with van der Waals surface area (Å²) in [5, 5.41) is 6.04. The van der Waals surface area contributed by atoms with E-state index in [2.05, 4.69) is 117 Å². The number of hydrogen-bond acceptors (Lipinski definition) is 1. The summed E-state index contributed by atoms with van der Waals surface area (Å²) in [4.78, 5) is 0. The Hall–Kier alpha value is -3.06. The van der Waals surface area contributed by atoms with Crippen LogP contribution in [0.3, 0.4) is 0 Å². The first-order valence-electron chi connectivity index (χ1n) is 9.46. The van der Waals surface area contributed by atoms with Gasteiger partial charge in [-0.15, -0.1) is 0 Å². The van der Waals surface area contributed by atoms with Gasteiger partial charge in [-0.05, 0) is 63.2 Å². The third kappa shape index (κ3) is 3.88. The molecular weight excluding hydrogens is 326 g/mol. The van der Waals surface area contributed by atoms with Crippen molar-refractivity contribution in [3.63, 3.8) is 0 Å². The Morgan fingerprint density at radius 1 is 0.556 bits per heavy atom. The second kappa shape index (κ2) is 6.92. The average Bonchev–Trinajstić information content (AvgIpc) is 2.68. The molecule has 4 aromatic rings. The van der Waals surface area contributed by atoms with E-state index in [1.54, 1.807) is 0 Å². The number of rotatable bonds is 3. The van der Waals surface area contributed by atoms with Gasteiger partial charge in [0.25, 0.3) is 0 Å². The molecule has 0 amide bonds. The monoisotopic (exact) mass is 351 g/mol. The number of fused-ring (bicyclic) bond motifs is 1. The first kappa shape index (κ1) is 17.4. The minimum absolute atomic E-state index is 0.181. The van der Waals surface area contributed by atoms with E-state index in [1.807, 2.05) is 0 Å². The molecule has 0 saturated heterocycles. The van der Waals surface area contributed by atoms with Gasteiger partial charge < -0.3 is 5.32 Å². The fraction of sp³-hybridized carbons (Fsp3) is 0.154. The van der Waals surface area contributed by atoms with Gasteiger partial charge in [-0.2, -0.15) is 0 Å². The Kier molecular flexibility index (Phi) is 4.45. The largest absolute Gasteiger partial charge is 0.356 e. The summed E-state index contributed by atoms with van der Waals surface area (Å²) in [5.74, 6) is 0. The second-order valence-corrected chi connectivity index (χ2v) is 8.09. The minimum Gasteiger partial charge on any atom is -0.356 e. The maximum Gasteiger partial charge on any atom is 0.0384 e. The van der Waals surface area contributed by atoms with Crippen molar-refractivity contribution in [1.29, 1.82) is 0 Å². The molecule has 4 aromatic carbocycles. The van der Waals surface area contributed by atoms with Crippen LogP contribution >= 0.6 is 0 Å². The highest BCUT2D eigenvalue weighted by molar-refractivity contribution is 5.87. The molecule has 4 rings (SSSR count). The Morgan fingerprint density at radius 2 is 1.11 bits per heavy atom. The smallest absolute Gasteiger partial charge is 0.0384 e. The molecule has 0 aliphatic rings. The number of benzene rings is 4. The highest BCUT2D eigenvalue weighted by Gasteiger charge is 2.12. The van der Waals surface area contributed by atoms with Crippen LogP contribution in [0, 0.1) is 0 Å². The van der Waals surface area contributed by atoms with Crippen LogP contribution in [0.25, 0.3) is 21.9 Å².